The average Bonchev–Trinajstić information content (AvgIpc) is 2.61. The maximum Gasteiger partial charge on any atom is 0.131 e. The highest BCUT2D eigenvalue weighted by molar-refractivity contribution is 5.69. The van der Waals surface area contributed by atoms with E-state index in [0.29, 0.717) is 11.3 Å². The van der Waals surface area contributed by atoms with Crippen LogP contribution in [-0.4, -0.2) is 4.98 Å². The predicted octanol–water partition coefficient (Wildman–Crippen LogP) is 6.57. The highest BCUT2D eigenvalue weighted by atomic mass is 19.1. The Balaban J connectivity index is 1.83. The maximum atomic E-state index is 14.5. The van der Waals surface area contributed by atoms with Crippen LogP contribution in [0, 0.1) is 17.5 Å². The first kappa shape index (κ1) is 18.2. The van der Waals surface area contributed by atoms with Crippen LogP contribution in [0.15, 0.2) is 54.7 Å². The highest BCUT2D eigenvalue weighted by Crippen LogP contribution is 2.28. The summed E-state index contributed by atoms with van der Waals surface area (Å²) in [6, 6.07) is 11.5. The third-order valence-corrected chi connectivity index (χ3v) is 4.33. The van der Waals surface area contributed by atoms with Gasteiger partial charge in [0, 0.05) is 23.4 Å². The summed E-state index contributed by atoms with van der Waals surface area (Å²) < 4.78 is 41.2. The fraction of sp³-hybridized carbons (Fsp3) is 0.227. The van der Waals surface area contributed by atoms with Gasteiger partial charge in [0.05, 0.1) is 5.69 Å². The Morgan fingerprint density at radius 1 is 0.808 bits per heavy atom. The van der Waals surface area contributed by atoms with Crippen LogP contribution >= 0.6 is 0 Å². The van der Waals surface area contributed by atoms with Crippen molar-refractivity contribution in [1.29, 1.82) is 0 Å². The van der Waals surface area contributed by atoms with Gasteiger partial charge in [-0.05, 0) is 48.2 Å². The monoisotopic (exact) mass is 355 g/mol. The summed E-state index contributed by atoms with van der Waals surface area (Å²) >= 11 is 0. The Kier molecular flexibility index (Phi) is 5.71. The van der Waals surface area contributed by atoms with E-state index in [-0.39, 0.29) is 11.1 Å². The molecule has 1 nitrogen and oxygen atoms in total. The fourth-order valence-electron chi connectivity index (χ4n) is 2.94. The van der Waals surface area contributed by atoms with E-state index in [1.165, 1.54) is 25.0 Å². The molecular weight excluding hydrogens is 335 g/mol. The van der Waals surface area contributed by atoms with Crippen LogP contribution in [0.2, 0.25) is 0 Å². The van der Waals surface area contributed by atoms with Gasteiger partial charge in [-0.15, -0.1) is 0 Å². The average molecular weight is 355 g/mol. The van der Waals surface area contributed by atoms with Crippen LogP contribution in [-0.2, 0) is 6.42 Å². The molecule has 0 saturated carbocycles. The lowest BCUT2D eigenvalue weighted by atomic mass is 10.0. The smallest absolute Gasteiger partial charge is 0.131 e. The zero-order valence-electron chi connectivity index (χ0n) is 14.6. The van der Waals surface area contributed by atoms with Crippen molar-refractivity contribution >= 4 is 0 Å². The van der Waals surface area contributed by atoms with Crippen molar-refractivity contribution in [2.24, 2.45) is 0 Å². The second-order valence-corrected chi connectivity index (χ2v) is 6.36. The van der Waals surface area contributed by atoms with Gasteiger partial charge in [-0.2, -0.15) is 0 Å². The maximum absolute atomic E-state index is 14.5. The molecule has 0 aliphatic heterocycles. The van der Waals surface area contributed by atoms with E-state index in [0.717, 1.165) is 36.6 Å². The van der Waals surface area contributed by atoms with Gasteiger partial charge in [0.2, 0.25) is 0 Å². The molecule has 0 amide bonds. The molecule has 0 fully saturated rings. The normalized spacial score (nSPS) is 10.9. The molecule has 0 spiro atoms. The van der Waals surface area contributed by atoms with Gasteiger partial charge in [-0.25, -0.2) is 13.2 Å². The SMILES string of the molecule is CCCCCc1ccc(-c2ccc(-c3cc(F)cc(F)c3)c(F)c2)nc1. The molecule has 0 aliphatic carbocycles. The minimum Gasteiger partial charge on any atom is -0.256 e. The number of aryl methyl sites for hydroxylation is 1. The lowest BCUT2D eigenvalue weighted by molar-refractivity contribution is 0.583. The standard InChI is InChI=1S/C22H20F3N/c1-2-3-4-5-15-6-9-22(26-14-15)16-7-8-20(21(25)12-16)17-10-18(23)13-19(24)11-17/h6-14H,2-5H2,1H3. The molecule has 4 heteroatoms. The molecule has 0 bridgehead atoms. The van der Waals surface area contributed by atoms with Crippen LogP contribution in [0.4, 0.5) is 13.2 Å². The van der Waals surface area contributed by atoms with E-state index in [4.69, 9.17) is 0 Å². The number of rotatable bonds is 6. The van der Waals surface area contributed by atoms with E-state index in [9.17, 15) is 13.2 Å². The van der Waals surface area contributed by atoms with Crippen molar-refractivity contribution in [3.63, 3.8) is 0 Å². The lowest BCUT2D eigenvalue weighted by Crippen LogP contribution is -1.92. The third kappa shape index (κ3) is 4.31. The van der Waals surface area contributed by atoms with Crippen molar-refractivity contribution in [3.05, 3.63) is 77.7 Å². The molecular formula is C22H20F3N. The predicted molar refractivity (Wildman–Crippen MR) is 98.2 cm³/mol. The van der Waals surface area contributed by atoms with Crippen LogP contribution < -0.4 is 0 Å². The van der Waals surface area contributed by atoms with Gasteiger partial charge in [0.25, 0.3) is 0 Å². The first-order valence-electron chi connectivity index (χ1n) is 8.78. The van der Waals surface area contributed by atoms with Crippen LogP contribution in [0.5, 0.6) is 0 Å². The number of hydrogen-bond donors (Lipinski definition) is 0. The molecule has 0 saturated heterocycles. The van der Waals surface area contributed by atoms with Gasteiger partial charge >= 0.3 is 0 Å². The Hall–Kier alpha value is -2.62. The zero-order chi connectivity index (χ0) is 18.5. The Morgan fingerprint density at radius 2 is 1.58 bits per heavy atom. The molecule has 0 radical (unpaired) electrons. The summed E-state index contributed by atoms with van der Waals surface area (Å²) in [6.45, 7) is 2.16. The van der Waals surface area contributed by atoms with E-state index in [2.05, 4.69) is 11.9 Å². The third-order valence-electron chi connectivity index (χ3n) is 4.33. The summed E-state index contributed by atoms with van der Waals surface area (Å²) in [4.78, 5) is 4.41. The molecule has 2 aromatic carbocycles. The van der Waals surface area contributed by atoms with Crippen LogP contribution in [0.1, 0.15) is 31.7 Å². The molecule has 3 aromatic rings. The second kappa shape index (κ2) is 8.17. The fourth-order valence-corrected chi connectivity index (χ4v) is 2.94. The molecule has 134 valence electrons. The van der Waals surface area contributed by atoms with Crippen molar-refractivity contribution in [2.45, 2.75) is 32.6 Å². The number of benzene rings is 2. The first-order valence-corrected chi connectivity index (χ1v) is 8.78. The minimum atomic E-state index is -0.733. The van der Waals surface area contributed by atoms with Gasteiger partial charge in [-0.1, -0.05) is 38.0 Å². The van der Waals surface area contributed by atoms with E-state index in [1.54, 1.807) is 6.07 Å². The first-order chi connectivity index (χ1) is 12.6. The van der Waals surface area contributed by atoms with Crippen molar-refractivity contribution in [1.82, 2.24) is 4.98 Å². The van der Waals surface area contributed by atoms with Crippen molar-refractivity contribution in [2.75, 3.05) is 0 Å². The molecule has 0 unspecified atom stereocenters. The Morgan fingerprint density at radius 3 is 2.19 bits per heavy atom. The summed E-state index contributed by atoms with van der Waals surface area (Å²) in [5.74, 6) is -2.01. The summed E-state index contributed by atoms with van der Waals surface area (Å²) in [5.41, 5.74) is 2.78. The minimum absolute atomic E-state index is 0.156. The number of aromatic nitrogens is 1. The summed E-state index contributed by atoms with van der Waals surface area (Å²) in [6.07, 6.45) is 6.30. The Bertz CT molecular complexity index is 868. The molecule has 26 heavy (non-hydrogen) atoms. The molecule has 1 heterocycles. The summed E-state index contributed by atoms with van der Waals surface area (Å²) in [5, 5.41) is 0. The lowest BCUT2D eigenvalue weighted by Gasteiger charge is -2.08. The quantitative estimate of drug-likeness (QED) is 0.456. The number of unbranched alkanes of at least 4 members (excludes halogenated alkanes) is 2. The topological polar surface area (TPSA) is 12.9 Å². The molecule has 0 aliphatic rings. The van der Waals surface area contributed by atoms with Gasteiger partial charge < -0.3 is 0 Å². The number of halogens is 3. The van der Waals surface area contributed by atoms with Crippen LogP contribution in [0.3, 0.4) is 0 Å². The largest absolute Gasteiger partial charge is 0.256 e. The number of hydrogen-bond acceptors (Lipinski definition) is 1. The molecule has 1 aromatic heterocycles. The molecule has 0 atom stereocenters. The van der Waals surface area contributed by atoms with E-state index in [1.807, 2.05) is 18.3 Å². The van der Waals surface area contributed by atoms with Crippen molar-refractivity contribution in [3.8, 4) is 22.4 Å². The number of nitrogens with zero attached hydrogens (tertiary/aromatic N) is 1. The molecule has 3 rings (SSSR count). The van der Waals surface area contributed by atoms with Gasteiger partial charge in [-0.3, -0.25) is 4.98 Å². The van der Waals surface area contributed by atoms with Crippen molar-refractivity contribution < 1.29 is 13.2 Å². The number of pyridine rings is 1. The van der Waals surface area contributed by atoms with E-state index >= 15 is 0 Å². The zero-order valence-corrected chi connectivity index (χ0v) is 14.6. The van der Waals surface area contributed by atoms with E-state index < -0.39 is 17.5 Å². The van der Waals surface area contributed by atoms with Crippen LogP contribution in [0.25, 0.3) is 22.4 Å². The molecule has 0 N–H and O–H groups in total. The summed E-state index contributed by atoms with van der Waals surface area (Å²) in [7, 11) is 0. The highest BCUT2D eigenvalue weighted by Gasteiger charge is 2.10. The van der Waals surface area contributed by atoms with Gasteiger partial charge in [0.1, 0.15) is 17.5 Å². The Labute approximate surface area is 151 Å². The second-order valence-electron chi connectivity index (χ2n) is 6.36. The van der Waals surface area contributed by atoms with Gasteiger partial charge in [0.15, 0.2) is 0 Å².